The first-order valence-electron chi connectivity index (χ1n) is 5.14. The number of hydrogen-bond donors (Lipinski definition) is 0. The van der Waals surface area contributed by atoms with E-state index in [2.05, 4.69) is 18.7 Å². The fraction of sp³-hybridized carbons (Fsp3) is 0.545. The van der Waals surface area contributed by atoms with Gasteiger partial charge >= 0.3 is 0 Å². The summed E-state index contributed by atoms with van der Waals surface area (Å²) in [5.41, 5.74) is 0. The van der Waals surface area contributed by atoms with Crippen LogP contribution in [0.5, 0.6) is 0 Å². The number of carbonyl (C=O) groups excluding carboxylic acids is 1. The number of hydrogen-bond acceptors (Lipinski definition) is 4. The molecule has 2 unspecified atom stereocenters. The number of thiophene rings is 1. The van der Waals surface area contributed by atoms with Crippen LogP contribution < -0.4 is 4.90 Å². The van der Waals surface area contributed by atoms with Gasteiger partial charge in [0, 0.05) is 13.1 Å². The molecule has 0 saturated carbocycles. The van der Waals surface area contributed by atoms with Crippen LogP contribution in [0.15, 0.2) is 12.1 Å². The van der Waals surface area contributed by atoms with Crippen LogP contribution in [0.25, 0.3) is 0 Å². The second-order valence-corrected chi connectivity index (χ2v) is 5.05. The van der Waals surface area contributed by atoms with E-state index in [1.165, 1.54) is 5.00 Å². The largest absolute Gasteiger partial charge is 0.372 e. The molecule has 4 heteroatoms. The zero-order chi connectivity index (χ0) is 10.8. The summed E-state index contributed by atoms with van der Waals surface area (Å²) in [6.45, 7) is 5.97. The number of anilines is 1. The molecule has 0 aliphatic carbocycles. The second kappa shape index (κ2) is 4.33. The Kier molecular flexibility index (Phi) is 3.07. The Balaban J connectivity index is 2.12. The van der Waals surface area contributed by atoms with E-state index in [1.54, 1.807) is 11.3 Å². The smallest absolute Gasteiger partial charge is 0.160 e. The highest BCUT2D eigenvalue weighted by atomic mass is 32.1. The van der Waals surface area contributed by atoms with Gasteiger partial charge in [0.1, 0.15) is 0 Å². The molecule has 2 atom stereocenters. The van der Waals surface area contributed by atoms with Crippen LogP contribution in [-0.4, -0.2) is 31.6 Å². The molecule has 0 aromatic carbocycles. The van der Waals surface area contributed by atoms with Crippen molar-refractivity contribution in [2.75, 3.05) is 18.0 Å². The zero-order valence-corrected chi connectivity index (χ0v) is 9.79. The maximum absolute atomic E-state index is 10.6. The van der Waals surface area contributed by atoms with Crippen LogP contribution in [0.3, 0.4) is 0 Å². The summed E-state index contributed by atoms with van der Waals surface area (Å²) in [5.74, 6) is 0. The van der Waals surface area contributed by atoms with Crippen LogP contribution in [0.4, 0.5) is 5.00 Å². The molecule has 0 bridgehead atoms. The molecule has 1 saturated heterocycles. The number of morpholine rings is 1. The highest BCUT2D eigenvalue weighted by molar-refractivity contribution is 7.17. The summed E-state index contributed by atoms with van der Waals surface area (Å²) in [7, 11) is 0. The van der Waals surface area contributed by atoms with Crippen LogP contribution in [0.2, 0.25) is 0 Å². The molecule has 3 nitrogen and oxygen atoms in total. The highest BCUT2D eigenvalue weighted by Gasteiger charge is 2.23. The van der Waals surface area contributed by atoms with Crippen molar-refractivity contribution in [3.05, 3.63) is 17.0 Å². The van der Waals surface area contributed by atoms with E-state index < -0.39 is 0 Å². The van der Waals surface area contributed by atoms with Crippen molar-refractivity contribution >= 4 is 22.6 Å². The number of carbonyl (C=O) groups is 1. The molecule has 0 spiro atoms. The molecule has 1 aliphatic heterocycles. The summed E-state index contributed by atoms with van der Waals surface area (Å²) in [5, 5.41) is 1.17. The molecule has 2 heterocycles. The second-order valence-electron chi connectivity index (χ2n) is 3.96. The van der Waals surface area contributed by atoms with Crippen molar-refractivity contribution in [1.29, 1.82) is 0 Å². The predicted octanol–water partition coefficient (Wildman–Crippen LogP) is 2.17. The minimum Gasteiger partial charge on any atom is -0.372 e. The molecule has 1 aromatic heterocycles. The third-order valence-electron chi connectivity index (χ3n) is 2.46. The normalized spacial score (nSPS) is 26.7. The number of aldehydes is 1. The topological polar surface area (TPSA) is 29.5 Å². The lowest BCUT2D eigenvalue weighted by Crippen LogP contribution is -2.45. The van der Waals surface area contributed by atoms with Gasteiger partial charge in [-0.1, -0.05) is 0 Å². The van der Waals surface area contributed by atoms with Crippen molar-refractivity contribution in [2.45, 2.75) is 26.1 Å². The van der Waals surface area contributed by atoms with E-state index in [0.717, 1.165) is 24.3 Å². The summed E-state index contributed by atoms with van der Waals surface area (Å²) in [6.07, 6.45) is 1.42. The van der Waals surface area contributed by atoms with E-state index >= 15 is 0 Å². The molecular formula is C11H15NO2S. The third kappa shape index (κ3) is 2.38. The molecule has 1 fully saturated rings. The van der Waals surface area contributed by atoms with Gasteiger partial charge in [0.25, 0.3) is 0 Å². The minimum absolute atomic E-state index is 0.260. The fourth-order valence-electron chi connectivity index (χ4n) is 1.93. The molecule has 1 aromatic rings. The highest BCUT2D eigenvalue weighted by Crippen LogP contribution is 2.27. The molecule has 15 heavy (non-hydrogen) atoms. The quantitative estimate of drug-likeness (QED) is 0.722. The summed E-state index contributed by atoms with van der Waals surface area (Å²) < 4.78 is 5.66. The maximum Gasteiger partial charge on any atom is 0.160 e. The Bertz CT molecular complexity index is 340. The van der Waals surface area contributed by atoms with Crippen LogP contribution in [0.1, 0.15) is 23.5 Å². The van der Waals surface area contributed by atoms with Crippen molar-refractivity contribution < 1.29 is 9.53 Å². The standard InChI is InChI=1S/C11H15NO2S/c1-8-5-12(6-9(2)14-8)11-4-3-10(7-13)15-11/h3-4,7-9H,5-6H2,1-2H3. The van der Waals surface area contributed by atoms with Crippen molar-refractivity contribution in [2.24, 2.45) is 0 Å². The first-order valence-corrected chi connectivity index (χ1v) is 5.96. The molecular weight excluding hydrogens is 210 g/mol. The Labute approximate surface area is 93.7 Å². The predicted molar refractivity (Wildman–Crippen MR) is 61.9 cm³/mol. The third-order valence-corrected chi connectivity index (χ3v) is 3.53. The van der Waals surface area contributed by atoms with E-state index in [-0.39, 0.29) is 12.2 Å². The fourth-order valence-corrected chi connectivity index (χ4v) is 2.77. The summed E-state index contributed by atoms with van der Waals surface area (Å²) in [4.78, 5) is 13.7. The monoisotopic (exact) mass is 225 g/mol. The summed E-state index contributed by atoms with van der Waals surface area (Å²) >= 11 is 1.55. The van der Waals surface area contributed by atoms with Crippen LogP contribution >= 0.6 is 11.3 Å². The van der Waals surface area contributed by atoms with Gasteiger partial charge in [0.15, 0.2) is 6.29 Å². The van der Waals surface area contributed by atoms with Gasteiger partial charge in [-0.15, -0.1) is 11.3 Å². The molecule has 2 rings (SSSR count). The van der Waals surface area contributed by atoms with Crippen molar-refractivity contribution in [1.82, 2.24) is 0 Å². The Morgan fingerprint density at radius 2 is 2.07 bits per heavy atom. The summed E-state index contributed by atoms with van der Waals surface area (Å²) in [6, 6.07) is 3.89. The van der Waals surface area contributed by atoms with E-state index in [4.69, 9.17) is 4.74 Å². The van der Waals surface area contributed by atoms with Gasteiger partial charge in [-0.2, -0.15) is 0 Å². The van der Waals surface area contributed by atoms with Gasteiger partial charge in [0.05, 0.1) is 22.1 Å². The van der Waals surface area contributed by atoms with Crippen LogP contribution in [-0.2, 0) is 4.74 Å². The lowest BCUT2D eigenvalue weighted by atomic mass is 10.2. The van der Waals surface area contributed by atoms with Gasteiger partial charge in [-0.3, -0.25) is 4.79 Å². The first-order chi connectivity index (χ1) is 7.19. The van der Waals surface area contributed by atoms with E-state index in [0.29, 0.717) is 0 Å². The molecule has 82 valence electrons. The SMILES string of the molecule is CC1CN(c2ccc(C=O)s2)CC(C)O1. The number of ether oxygens (including phenoxy) is 1. The Hall–Kier alpha value is -0.870. The van der Waals surface area contributed by atoms with Gasteiger partial charge in [0.2, 0.25) is 0 Å². The van der Waals surface area contributed by atoms with Crippen LogP contribution in [0, 0.1) is 0 Å². The minimum atomic E-state index is 0.260. The van der Waals surface area contributed by atoms with Gasteiger partial charge < -0.3 is 9.64 Å². The van der Waals surface area contributed by atoms with Gasteiger partial charge in [-0.25, -0.2) is 0 Å². The average molecular weight is 225 g/mol. The Morgan fingerprint density at radius 3 is 2.60 bits per heavy atom. The average Bonchev–Trinajstić information content (AvgIpc) is 2.64. The first kappa shape index (κ1) is 10.6. The number of rotatable bonds is 2. The Morgan fingerprint density at radius 1 is 1.40 bits per heavy atom. The molecule has 0 N–H and O–H groups in total. The van der Waals surface area contributed by atoms with Gasteiger partial charge in [-0.05, 0) is 26.0 Å². The molecule has 1 aliphatic rings. The zero-order valence-electron chi connectivity index (χ0n) is 8.97. The van der Waals surface area contributed by atoms with E-state index in [9.17, 15) is 4.79 Å². The van der Waals surface area contributed by atoms with Crippen molar-refractivity contribution in [3.8, 4) is 0 Å². The lowest BCUT2D eigenvalue weighted by Gasteiger charge is -2.35. The number of nitrogens with zero attached hydrogens (tertiary/aromatic N) is 1. The maximum atomic E-state index is 10.6. The molecule has 0 radical (unpaired) electrons. The molecule has 0 amide bonds. The lowest BCUT2D eigenvalue weighted by molar-refractivity contribution is -0.00500. The van der Waals surface area contributed by atoms with Crippen molar-refractivity contribution in [3.63, 3.8) is 0 Å². The van der Waals surface area contributed by atoms with E-state index in [1.807, 2.05) is 12.1 Å².